The summed E-state index contributed by atoms with van der Waals surface area (Å²) in [5.41, 5.74) is 3.46. The Morgan fingerprint density at radius 3 is 2.54 bits per heavy atom. The molecule has 146 valence electrons. The molecule has 28 heavy (non-hydrogen) atoms. The van der Waals surface area contributed by atoms with Crippen molar-refractivity contribution in [2.75, 3.05) is 23.4 Å². The second kappa shape index (κ2) is 8.93. The van der Waals surface area contributed by atoms with Gasteiger partial charge in [-0.05, 0) is 30.2 Å². The number of benzene rings is 2. The lowest BCUT2D eigenvalue weighted by Gasteiger charge is -2.32. The van der Waals surface area contributed by atoms with E-state index in [2.05, 4.69) is 5.32 Å². The van der Waals surface area contributed by atoms with Crippen LogP contribution >= 0.6 is 11.8 Å². The summed E-state index contributed by atoms with van der Waals surface area (Å²) in [5, 5.41) is 12.3. The van der Waals surface area contributed by atoms with Gasteiger partial charge in [0.15, 0.2) is 0 Å². The summed E-state index contributed by atoms with van der Waals surface area (Å²) < 4.78 is 0. The van der Waals surface area contributed by atoms with E-state index in [9.17, 15) is 19.5 Å². The summed E-state index contributed by atoms with van der Waals surface area (Å²) in [6.45, 7) is 2.52. The Kier molecular flexibility index (Phi) is 6.36. The third kappa shape index (κ3) is 4.92. The van der Waals surface area contributed by atoms with Gasteiger partial charge in [-0.1, -0.05) is 42.0 Å². The lowest BCUT2D eigenvalue weighted by atomic mass is 9.90. The normalized spacial score (nSPS) is 15.6. The number of aryl methyl sites for hydroxylation is 1. The number of anilines is 1. The maximum atomic E-state index is 12.5. The van der Waals surface area contributed by atoms with E-state index >= 15 is 0 Å². The Morgan fingerprint density at radius 1 is 1.11 bits per heavy atom. The molecule has 0 saturated carbocycles. The average Bonchev–Trinajstić information content (AvgIpc) is 2.68. The van der Waals surface area contributed by atoms with E-state index in [1.54, 1.807) is 11.0 Å². The van der Waals surface area contributed by atoms with Crippen molar-refractivity contribution in [2.45, 2.75) is 19.4 Å². The zero-order valence-electron chi connectivity index (χ0n) is 15.6. The fraction of sp³-hybridized carbons (Fsp3) is 0.286. The van der Waals surface area contributed by atoms with E-state index in [0.717, 1.165) is 22.4 Å². The number of amides is 2. The molecule has 1 unspecified atom stereocenters. The first-order chi connectivity index (χ1) is 13.4. The first-order valence-corrected chi connectivity index (χ1v) is 10.1. The molecule has 6 nitrogen and oxygen atoms in total. The Bertz CT molecular complexity index is 882. The fourth-order valence-electron chi connectivity index (χ4n) is 3.16. The molecule has 2 aromatic rings. The summed E-state index contributed by atoms with van der Waals surface area (Å²) in [5.74, 6) is -1.69. The number of fused-ring (bicyclic) bond motifs is 1. The van der Waals surface area contributed by atoms with Gasteiger partial charge in [0.05, 0.1) is 17.4 Å². The predicted octanol–water partition coefficient (Wildman–Crippen LogP) is 2.88. The highest BCUT2D eigenvalue weighted by atomic mass is 32.2. The molecule has 2 aromatic carbocycles. The maximum Gasteiger partial charge on any atom is 0.312 e. The molecule has 0 aromatic heterocycles. The van der Waals surface area contributed by atoms with Gasteiger partial charge < -0.3 is 15.3 Å². The highest BCUT2D eigenvalue weighted by Crippen LogP contribution is 2.28. The van der Waals surface area contributed by atoms with Crippen LogP contribution in [-0.2, 0) is 20.9 Å². The minimum atomic E-state index is -0.935. The van der Waals surface area contributed by atoms with Crippen LogP contribution in [0.15, 0.2) is 48.5 Å². The Balaban J connectivity index is 1.51. The zero-order valence-corrected chi connectivity index (χ0v) is 16.4. The summed E-state index contributed by atoms with van der Waals surface area (Å²) in [6, 6.07) is 14.8. The van der Waals surface area contributed by atoms with Crippen molar-refractivity contribution in [3.8, 4) is 0 Å². The van der Waals surface area contributed by atoms with E-state index < -0.39 is 11.9 Å². The molecule has 2 amide bonds. The number of carbonyl (C=O) groups excluding carboxylic acids is 2. The molecule has 1 aliphatic heterocycles. The van der Waals surface area contributed by atoms with Crippen LogP contribution in [0, 0.1) is 6.92 Å². The van der Waals surface area contributed by atoms with Gasteiger partial charge in [0.2, 0.25) is 11.8 Å². The quantitative estimate of drug-likeness (QED) is 0.781. The summed E-state index contributed by atoms with van der Waals surface area (Å²) >= 11 is 1.23. The number of carboxylic acids is 1. The number of nitrogens with one attached hydrogen (secondary N) is 1. The lowest BCUT2D eigenvalue weighted by Crippen LogP contribution is -2.41. The topological polar surface area (TPSA) is 86.7 Å². The second-order valence-electron chi connectivity index (χ2n) is 6.77. The van der Waals surface area contributed by atoms with Gasteiger partial charge >= 0.3 is 5.97 Å². The molecule has 0 aliphatic carbocycles. The minimum absolute atomic E-state index is 0.135. The first-order valence-electron chi connectivity index (χ1n) is 8.96. The van der Waals surface area contributed by atoms with Crippen LogP contribution in [0.4, 0.5) is 5.69 Å². The van der Waals surface area contributed by atoms with Gasteiger partial charge in [0.25, 0.3) is 0 Å². The third-order valence-corrected chi connectivity index (χ3v) is 5.56. The van der Waals surface area contributed by atoms with Crippen molar-refractivity contribution in [1.29, 1.82) is 0 Å². The molecule has 2 N–H and O–H groups in total. The smallest absolute Gasteiger partial charge is 0.312 e. The molecule has 1 heterocycles. The molecule has 0 bridgehead atoms. The van der Waals surface area contributed by atoms with Crippen LogP contribution in [0.3, 0.4) is 0 Å². The summed E-state index contributed by atoms with van der Waals surface area (Å²) in [4.78, 5) is 37.7. The highest BCUT2D eigenvalue weighted by molar-refractivity contribution is 8.00. The number of rotatable bonds is 6. The molecule has 7 heteroatoms. The maximum absolute atomic E-state index is 12.5. The van der Waals surface area contributed by atoms with Gasteiger partial charge in [-0.2, -0.15) is 0 Å². The van der Waals surface area contributed by atoms with E-state index in [-0.39, 0.29) is 29.9 Å². The van der Waals surface area contributed by atoms with Crippen LogP contribution in [-0.4, -0.2) is 45.8 Å². The van der Waals surface area contributed by atoms with Gasteiger partial charge in [0.1, 0.15) is 0 Å². The minimum Gasteiger partial charge on any atom is -0.481 e. The molecular weight excluding hydrogens is 376 g/mol. The molecule has 0 saturated heterocycles. The number of nitrogens with zero attached hydrogens (tertiary/aromatic N) is 1. The highest BCUT2D eigenvalue weighted by Gasteiger charge is 2.32. The summed E-state index contributed by atoms with van der Waals surface area (Å²) in [6.07, 6.45) is 0. The van der Waals surface area contributed by atoms with Gasteiger partial charge in [-0.3, -0.25) is 14.4 Å². The van der Waals surface area contributed by atoms with E-state index in [4.69, 9.17) is 0 Å². The van der Waals surface area contributed by atoms with E-state index in [0.29, 0.717) is 6.54 Å². The zero-order chi connectivity index (χ0) is 20.1. The van der Waals surface area contributed by atoms with Gasteiger partial charge in [0, 0.05) is 18.8 Å². The number of hydrogen-bond acceptors (Lipinski definition) is 4. The molecule has 1 aliphatic rings. The predicted molar refractivity (Wildman–Crippen MR) is 109 cm³/mol. The number of carboxylic acid groups (broad SMARTS) is 1. The Morgan fingerprint density at radius 2 is 1.82 bits per heavy atom. The Labute approximate surface area is 167 Å². The Hall–Kier alpha value is -2.80. The van der Waals surface area contributed by atoms with Crippen molar-refractivity contribution in [3.63, 3.8) is 0 Å². The molecule has 0 fully saturated rings. The standard InChI is InChI=1S/C21H22N2O4S/c1-14-6-8-16(9-7-14)22-19(24)12-28-13-20(25)23-10-15-4-2-3-5-17(15)18(11-23)21(26)27/h2-9,18H,10-13H2,1H3,(H,22,24)(H,26,27). The van der Waals surface area contributed by atoms with E-state index in [1.807, 2.05) is 49.4 Å². The van der Waals surface area contributed by atoms with Gasteiger partial charge in [-0.15, -0.1) is 11.8 Å². The number of aliphatic carboxylic acids is 1. The first kappa shape index (κ1) is 19.9. The molecular formula is C21H22N2O4S. The second-order valence-corrected chi connectivity index (χ2v) is 7.76. The third-order valence-electron chi connectivity index (χ3n) is 4.64. The van der Waals surface area contributed by atoms with Crippen LogP contribution in [0.2, 0.25) is 0 Å². The van der Waals surface area contributed by atoms with Crippen LogP contribution in [0.25, 0.3) is 0 Å². The summed E-state index contributed by atoms with van der Waals surface area (Å²) in [7, 11) is 0. The largest absolute Gasteiger partial charge is 0.481 e. The van der Waals surface area contributed by atoms with E-state index in [1.165, 1.54) is 11.8 Å². The van der Waals surface area contributed by atoms with Crippen molar-refractivity contribution in [3.05, 3.63) is 65.2 Å². The fourth-order valence-corrected chi connectivity index (χ4v) is 3.88. The van der Waals surface area contributed by atoms with Crippen molar-refractivity contribution >= 4 is 35.2 Å². The van der Waals surface area contributed by atoms with Crippen LogP contribution in [0.5, 0.6) is 0 Å². The average molecular weight is 398 g/mol. The van der Waals surface area contributed by atoms with Crippen molar-refractivity contribution < 1.29 is 19.5 Å². The van der Waals surface area contributed by atoms with Crippen molar-refractivity contribution in [2.24, 2.45) is 0 Å². The molecule has 0 radical (unpaired) electrons. The number of thioether (sulfide) groups is 1. The van der Waals surface area contributed by atoms with Gasteiger partial charge in [-0.25, -0.2) is 0 Å². The van der Waals surface area contributed by atoms with Crippen LogP contribution in [0.1, 0.15) is 22.6 Å². The van der Waals surface area contributed by atoms with Crippen molar-refractivity contribution in [1.82, 2.24) is 4.90 Å². The number of hydrogen-bond donors (Lipinski definition) is 2. The molecule has 1 atom stereocenters. The molecule has 3 rings (SSSR count). The van der Waals surface area contributed by atoms with Crippen LogP contribution < -0.4 is 5.32 Å². The lowest BCUT2D eigenvalue weighted by molar-refractivity contribution is -0.141. The SMILES string of the molecule is Cc1ccc(NC(=O)CSCC(=O)N2Cc3ccccc3C(C(=O)O)C2)cc1. The monoisotopic (exact) mass is 398 g/mol. The molecule has 0 spiro atoms. The number of carbonyl (C=O) groups is 3.